The van der Waals surface area contributed by atoms with Crippen molar-refractivity contribution in [3.63, 3.8) is 0 Å². The third-order valence-electron chi connectivity index (χ3n) is 5.39. The maximum absolute atomic E-state index is 12.5. The second-order valence-electron chi connectivity index (χ2n) is 7.32. The quantitative estimate of drug-likeness (QED) is 0.681. The summed E-state index contributed by atoms with van der Waals surface area (Å²) in [5, 5.41) is 0. The molecule has 0 amide bonds. The summed E-state index contributed by atoms with van der Waals surface area (Å²) in [7, 11) is -2.92. The van der Waals surface area contributed by atoms with Crippen molar-refractivity contribution in [1.29, 1.82) is 0 Å². The van der Waals surface area contributed by atoms with Crippen LogP contribution in [0.4, 0.5) is 0 Å². The average Bonchev–Trinajstić information content (AvgIpc) is 2.48. The Labute approximate surface area is 130 Å². The van der Waals surface area contributed by atoms with Gasteiger partial charge in [0.05, 0.1) is 38.3 Å². The number of sulfone groups is 1. The minimum atomic E-state index is -2.92. The van der Waals surface area contributed by atoms with Gasteiger partial charge in [0.1, 0.15) is 11.5 Å². The van der Waals surface area contributed by atoms with Crippen LogP contribution in [0.5, 0.6) is 0 Å². The fourth-order valence-electron chi connectivity index (χ4n) is 4.06. The van der Waals surface area contributed by atoms with Gasteiger partial charge in [-0.2, -0.15) is 0 Å². The summed E-state index contributed by atoms with van der Waals surface area (Å²) in [6, 6.07) is 0.526. The highest BCUT2D eigenvalue weighted by molar-refractivity contribution is 7.91. The van der Waals surface area contributed by atoms with Gasteiger partial charge in [-0.1, -0.05) is 0 Å². The molecule has 5 heteroatoms. The fraction of sp³-hybridized carbons (Fsp3) is 1.00. The standard InChI is InChI=1S/C16H32N2O2S/c1-15(17-9-5-3-6-10-17)13-21(19,20)14-16(2)18-11-7-4-8-12-18/h15-16H,3-14H2,1-2H3/p+2/t15-,16-/m0/s1. The molecule has 0 saturated carbocycles. The first-order chi connectivity index (χ1) is 9.98. The van der Waals surface area contributed by atoms with Crippen LogP contribution >= 0.6 is 0 Å². The summed E-state index contributed by atoms with van der Waals surface area (Å²) in [4.78, 5) is 3.01. The molecule has 2 atom stereocenters. The number of hydrogen-bond acceptors (Lipinski definition) is 2. The Balaban J connectivity index is 1.82. The van der Waals surface area contributed by atoms with Crippen LogP contribution in [-0.2, 0) is 9.84 Å². The van der Waals surface area contributed by atoms with Crippen molar-refractivity contribution in [2.75, 3.05) is 37.7 Å². The van der Waals surface area contributed by atoms with Gasteiger partial charge in [-0.15, -0.1) is 0 Å². The lowest BCUT2D eigenvalue weighted by Crippen LogP contribution is -3.17. The van der Waals surface area contributed by atoms with Crippen LogP contribution in [0, 0.1) is 0 Å². The van der Waals surface area contributed by atoms with Crippen molar-refractivity contribution >= 4 is 9.84 Å². The summed E-state index contributed by atoms with van der Waals surface area (Å²) in [5.74, 6) is 0.750. The monoisotopic (exact) mass is 318 g/mol. The number of likely N-dealkylation sites (tertiary alicyclic amines) is 2. The molecule has 21 heavy (non-hydrogen) atoms. The zero-order chi connectivity index (χ0) is 15.3. The van der Waals surface area contributed by atoms with E-state index in [1.165, 1.54) is 48.3 Å². The van der Waals surface area contributed by atoms with Gasteiger partial charge in [0.2, 0.25) is 0 Å². The van der Waals surface area contributed by atoms with Crippen LogP contribution in [0.2, 0.25) is 0 Å². The Hall–Kier alpha value is -0.130. The normalized spacial score (nSPS) is 25.6. The Morgan fingerprint density at radius 3 is 1.38 bits per heavy atom. The van der Waals surface area contributed by atoms with Crippen molar-refractivity contribution in [3.05, 3.63) is 0 Å². The minimum Gasteiger partial charge on any atom is -0.332 e. The average molecular weight is 319 g/mol. The number of nitrogens with one attached hydrogen (secondary N) is 2. The van der Waals surface area contributed by atoms with E-state index in [2.05, 4.69) is 13.8 Å². The van der Waals surface area contributed by atoms with Gasteiger partial charge in [-0.3, -0.25) is 0 Å². The second kappa shape index (κ2) is 7.93. The van der Waals surface area contributed by atoms with Gasteiger partial charge in [0.25, 0.3) is 0 Å². The Bertz CT molecular complexity index is 367. The van der Waals surface area contributed by atoms with Crippen molar-refractivity contribution in [1.82, 2.24) is 0 Å². The third kappa shape index (κ3) is 5.53. The highest BCUT2D eigenvalue weighted by Gasteiger charge is 2.30. The zero-order valence-electron chi connectivity index (χ0n) is 13.9. The van der Waals surface area contributed by atoms with E-state index in [0.29, 0.717) is 11.5 Å². The Morgan fingerprint density at radius 1 is 0.714 bits per heavy atom. The molecule has 2 saturated heterocycles. The van der Waals surface area contributed by atoms with Crippen LogP contribution in [0.3, 0.4) is 0 Å². The van der Waals surface area contributed by atoms with E-state index < -0.39 is 9.84 Å². The van der Waals surface area contributed by atoms with Crippen LogP contribution < -0.4 is 9.80 Å². The topological polar surface area (TPSA) is 43.0 Å². The highest BCUT2D eigenvalue weighted by atomic mass is 32.2. The molecule has 2 rings (SSSR count). The van der Waals surface area contributed by atoms with Gasteiger partial charge in [-0.05, 0) is 52.4 Å². The van der Waals surface area contributed by atoms with E-state index in [1.807, 2.05) is 0 Å². The Kier molecular flexibility index (Phi) is 6.51. The molecule has 2 aliphatic rings. The molecule has 2 fully saturated rings. The fourth-order valence-corrected chi connectivity index (χ4v) is 6.19. The van der Waals surface area contributed by atoms with Crippen molar-refractivity contribution in [2.45, 2.75) is 64.5 Å². The second-order valence-corrected chi connectivity index (χ2v) is 9.47. The lowest BCUT2D eigenvalue weighted by molar-refractivity contribution is -0.925. The van der Waals surface area contributed by atoms with E-state index in [1.54, 1.807) is 0 Å². The maximum atomic E-state index is 12.5. The molecule has 0 aromatic rings. The zero-order valence-corrected chi connectivity index (χ0v) is 14.7. The van der Waals surface area contributed by atoms with E-state index in [-0.39, 0.29) is 12.1 Å². The van der Waals surface area contributed by atoms with Crippen LogP contribution in [0.1, 0.15) is 52.4 Å². The summed E-state index contributed by atoms with van der Waals surface area (Å²) < 4.78 is 25.0. The van der Waals surface area contributed by atoms with Crippen molar-refractivity contribution in [2.24, 2.45) is 0 Å². The van der Waals surface area contributed by atoms with Crippen LogP contribution in [0.25, 0.3) is 0 Å². The molecule has 0 spiro atoms. The van der Waals surface area contributed by atoms with Crippen LogP contribution in [0.15, 0.2) is 0 Å². The molecule has 0 radical (unpaired) electrons. The molecule has 4 nitrogen and oxygen atoms in total. The van der Waals surface area contributed by atoms with E-state index >= 15 is 0 Å². The smallest absolute Gasteiger partial charge is 0.161 e. The first-order valence-electron chi connectivity index (χ1n) is 8.87. The number of hydrogen-bond donors (Lipinski definition) is 2. The number of quaternary nitrogens is 2. The van der Waals surface area contributed by atoms with Gasteiger partial charge in [0, 0.05) is 0 Å². The molecule has 124 valence electrons. The molecular formula is C16H34N2O2S+2. The summed E-state index contributed by atoms with van der Waals surface area (Å²) in [6.07, 6.45) is 7.67. The van der Waals surface area contributed by atoms with Crippen LogP contribution in [-0.4, -0.2) is 58.2 Å². The van der Waals surface area contributed by atoms with Crippen molar-refractivity contribution < 1.29 is 18.2 Å². The van der Waals surface area contributed by atoms with Gasteiger partial charge in [0.15, 0.2) is 9.84 Å². The predicted molar refractivity (Wildman–Crippen MR) is 86.7 cm³/mol. The molecule has 0 aromatic carbocycles. The maximum Gasteiger partial charge on any atom is 0.161 e. The summed E-state index contributed by atoms with van der Waals surface area (Å²) in [5.41, 5.74) is 0. The molecule has 2 heterocycles. The first kappa shape index (κ1) is 17.2. The van der Waals surface area contributed by atoms with Gasteiger partial charge in [-0.25, -0.2) is 8.42 Å². The Morgan fingerprint density at radius 2 is 1.05 bits per heavy atom. The number of rotatable bonds is 6. The summed E-state index contributed by atoms with van der Waals surface area (Å²) >= 11 is 0. The lowest BCUT2D eigenvalue weighted by Gasteiger charge is -2.31. The molecular weight excluding hydrogens is 284 g/mol. The van der Waals surface area contributed by atoms with Crippen molar-refractivity contribution in [3.8, 4) is 0 Å². The third-order valence-corrected chi connectivity index (χ3v) is 7.41. The van der Waals surface area contributed by atoms with Gasteiger partial charge < -0.3 is 9.80 Å². The van der Waals surface area contributed by atoms with E-state index in [9.17, 15) is 8.42 Å². The number of piperidine rings is 2. The van der Waals surface area contributed by atoms with E-state index in [0.717, 1.165) is 26.2 Å². The first-order valence-corrected chi connectivity index (χ1v) is 10.7. The molecule has 0 unspecified atom stereocenters. The van der Waals surface area contributed by atoms with E-state index in [4.69, 9.17) is 0 Å². The largest absolute Gasteiger partial charge is 0.332 e. The molecule has 2 N–H and O–H groups in total. The summed E-state index contributed by atoms with van der Waals surface area (Å²) in [6.45, 7) is 8.87. The molecule has 2 aliphatic heterocycles. The SMILES string of the molecule is C[C@@H](CS(=O)(=O)C[C@H](C)[NH+]1CCCCC1)[NH+]1CCCCC1. The van der Waals surface area contributed by atoms with Gasteiger partial charge >= 0.3 is 0 Å². The molecule has 0 aromatic heterocycles. The molecule has 0 bridgehead atoms. The molecule has 0 aliphatic carbocycles. The lowest BCUT2D eigenvalue weighted by atomic mass is 10.1. The highest BCUT2D eigenvalue weighted by Crippen LogP contribution is 2.01. The minimum absolute atomic E-state index is 0.263. The predicted octanol–water partition coefficient (Wildman–Crippen LogP) is -0.684.